The topological polar surface area (TPSA) is 46.3 Å². The first-order chi connectivity index (χ1) is 13.9. The van der Waals surface area contributed by atoms with E-state index in [9.17, 15) is 4.79 Å². The molecule has 2 rings (SSSR count). The summed E-state index contributed by atoms with van der Waals surface area (Å²) in [5, 5.41) is 0. The molecule has 0 aliphatic heterocycles. The summed E-state index contributed by atoms with van der Waals surface area (Å²) in [6.07, 6.45) is 16.5. The van der Waals surface area contributed by atoms with Gasteiger partial charge in [0.05, 0.1) is 0 Å². The molecule has 0 aromatic heterocycles. The Morgan fingerprint density at radius 2 is 1.76 bits per heavy atom. The fraction of sp³-hybridized carbons (Fsp3) is 0.423. The zero-order valence-electron chi connectivity index (χ0n) is 19.2. The van der Waals surface area contributed by atoms with Crippen LogP contribution in [0.2, 0.25) is 0 Å². The largest absolute Gasteiger partial charge is 0.366 e. The van der Waals surface area contributed by atoms with Crippen LogP contribution in [-0.2, 0) is 0 Å². The molecule has 0 heterocycles. The first-order valence-corrected chi connectivity index (χ1v) is 10.7. The lowest BCUT2D eigenvalue weighted by Crippen LogP contribution is -2.12. The molecule has 0 spiro atoms. The fourth-order valence-corrected chi connectivity index (χ4v) is 2.86. The lowest BCUT2D eigenvalue weighted by Gasteiger charge is -2.18. The minimum absolute atomic E-state index is 0.419. The maximum Gasteiger partial charge on any atom is 0.248 e. The number of amides is 1. The van der Waals surface area contributed by atoms with Crippen molar-refractivity contribution in [3.05, 3.63) is 78.6 Å². The Balaban J connectivity index is 0.000000595. The van der Waals surface area contributed by atoms with Crippen LogP contribution < -0.4 is 5.73 Å². The van der Waals surface area contributed by atoms with Crippen molar-refractivity contribution in [1.82, 2.24) is 4.90 Å². The second kappa shape index (κ2) is 15.4. The number of nitrogens with zero attached hydrogens (tertiary/aromatic N) is 1. The van der Waals surface area contributed by atoms with Crippen LogP contribution in [-0.4, -0.2) is 17.9 Å². The number of hydrogen-bond donors (Lipinski definition) is 1. The number of rotatable bonds is 6. The van der Waals surface area contributed by atoms with Crippen LogP contribution in [0.15, 0.2) is 67.4 Å². The average Bonchev–Trinajstić information content (AvgIpc) is 2.76. The highest BCUT2D eigenvalue weighted by Crippen LogP contribution is 2.23. The Morgan fingerprint density at radius 3 is 2.17 bits per heavy atom. The average molecular weight is 397 g/mol. The summed E-state index contributed by atoms with van der Waals surface area (Å²) in [6, 6.07) is 7.18. The summed E-state index contributed by atoms with van der Waals surface area (Å²) in [6.45, 7) is 14.3. The van der Waals surface area contributed by atoms with E-state index in [2.05, 4.69) is 32.6 Å². The number of carbonyl (C=O) groups is 1. The van der Waals surface area contributed by atoms with E-state index in [1.165, 1.54) is 19.3 Å². The van der Waals surface area contributed by atoms with Gasteiger partial charge in [0.1, 0.15) is 0 Å². The third kappa shape index (κ3) is 9.98. The Bertz CT molecular complexity index is 683. The number of hydrogen-bond acceptors (Lipinski definition) is 2. The third-order valence-electron chi connectivity index (χ3n) is 4.79. The molecule has 1 aromatic rings. The molecule has 2 unspecified atom stereocenters. The van der Waals surface area contributed by atoms with Gasteiger partial charge in [-0.1, -0.05) is 70.7 Å². The van der Waals surface area contributed by atoms with Gasteiger partial charge in [0, 0.05) is 18.3 Å². The van der Waals surface area contributed by atoms with E-state index in [-0.39, 0.29) is 0 Å². The number of benzene rings is 1. The molecule has 0 radical (unpaired) electrons. The molecule has 0 fully saturated rings. The van der Waals surface area contributed by atoms with E-state index < -0.39 is 5.91 Å². The predicted octanol–water partition coefficient (Wildman–Crippen LogP) is 6.80. The maximum absolute atomic E-state index is 11.0. The highest BCUT2D eigenvalue weighted by Gasteiger charge is 2.09. The van der Waals surface area contributed by atoms with E-state index in [4.69, 9.17) is 5.73 Å². The molecule has 1 amide bonds. The van der Waals surface area contributed by atoms with Crippen molar-refractivity contribution in [3.8, 4) is 0 Å². The van der Waals surface area contributed by atoms with Gasteiger partial charge in [-0.15, -0.1) is 0 Å². The fourth-order valence-electron chi connectivity index (χ4n) is 2.86. The van der Waals surface area contributed by atoms with Crippen molar-refractivity contribution in [2.45, 2.75) is 53.9 Å². The Labute approximate surface area is 178 Å². The minimum atomic E-state index is -0.419. The zero-order chi connectivity index (χ0) is 22.2. The van der Waals surface area contributed by atoms with Crippen molar-refractivity contribution in [2.75, 3.05) is 7.05 Å². The molecule has 0 saturated heterocycles. The number of nitrogens with two attached hydrogens (primary N) is 1. The van der Waals surface area contributed by atoms with Crippen LogP contribution in [0.3, 0.4) is 0 Å². The molecule has 3 heteroatoms. The predicted molar refractivity (Wildman–Crippen MR) is 128 cm³/mol. The molecule has 3 nitrogen and oxygen atoms in total. The summed E-state index contributed by atoms with van der Waals surface area (Å²) in [4.78, 5) is 12.9. The molecular weight excluding hydrogens is 356 g/mol. The van der Waals surface area contributed by atoms with Crippen LogP contribution in [0.5, 0.6) is 0 Å². The van der Waals surface area contributed by atoms with Gasteiger partial charge in [-0.2, -0.15) is 0 Å². The molecule has 160 valence electrons. The molecule has 0 saturated carbocycles. The molecular formula is C26H40N2O. The van der Waals surface area contributed by atoms with E-state index in [0.717, 1.165) is 23.1 Å². The van der Waals surface area contributed by atoms with Gasteiger partial charge in [-0.3, -0.25) is 4.79 Å². The highest BCUT2D eigenvalue weighted by molar-refractivity contribution is 5.93. The van der Waals surface area contributed by atoms with Gasteiger partial charge < -0.3 is 10.6 Å². The van der Waals surface area contributed by atoms with Crippen molar-refractivity contribution in [1.29, 1.82) is 0 Å². The highest BCUT2D eigenvalue weighted by atomic mass is 16.1. The Hall–Kier alpha value is -2.55. The van der Waals surface area contributed by atoms with Gasteiger partial charge in [0.15, 0.2) is 0 Å². The SMILES string of the molecule is C=CN(C)/C(=C\C=C/C)c1ccc(C(N)=O)cc1.CC.CCC1C=CC(C)CC1. The first-order valence-electron chi connectivity index (χ1n) is 10.7. The van der Waals surface area contributed by atoms with E-state index in [0.29, 0.717) is 5.56 Å². The number of primary amides is 1. The normalized spacial score (nSPS) is 18.2. The third-order valence-corrected chi connectivity index (χ3v) is 4.79. The van der Waals surface area contributed by atoms with Gasteiger partial charge in [0.2, 0.25) is 5.91 Å². The first kappa shape index (κ1) is 26.4. The Morgan fingerprint density at radius 1 is 1.17 bits per heavy atom. The molecule has 1 aromatic carbocycles. The summed E-state index contributed by atoms with van der Waals surface area (Å²) in [5.74, 6) is 1.31. The number of allylic oxidation sites excluding steroid dienone is 5. The molecule has 1 aliphatic rings. The molecule has 2 atom stereocenters. The van der Waals surface area contributed by atoms with Crippen LogP contribution in [0, 0.1) is 11.8 Å². The smallest absolute Gasteiger partial charge is 0.248 e. The second-order valence-electron chi connectivity index (χ2n) is 6.92. The van der Waals surface area contributed by atoms with E-state index >= 15 is 0 Å². The van der Waals surface area contributed by atoms with Gasteiger partial charge >= 0.3 is 0 Å². The van der Waals surface area contributed by atoms with Crippen molar-refractivity contribution in [3.63, 3.8) is 0 Å². The number of carbonyl (C=O) groups excluding carboxylic acids is 1. The Kier molecular flexibility index (Phi) is 14.0. The van der Waals surface area contributed by atoms with Crippen LogP contribution >= 0.6 is 0 Å². The summed E-state index contributed by atoms with van der Waals surface area (Å²) < 4.78 is 0. The second-order valence-corrected chi connectivity index (χ2v) is 6.92. The molecule has 1 aliphatic carbocycles. The monoisotopic (exact) mass is 396 g/mol. The van der Waals surface area contributed by atoms with Crippen LogP contribution in [0.4, 0.5) is 0 Å². The lowest BCUT2D eigenvalue weighted by atomic mass is 9.88. The van der Waals surface area contributed by atoms with Crippen molar-refractivity contribution in [2.24, 2.45) is 17.6 Å². The molecule has 2 N–H and O–H groups in total. The quantitative estimate of drug-likeness (QED) is 0.424. The van der Waals surface area contributed by atoms with E-state index in [1.807, 2.05) is 63.1 Å². The van der Waals surface area contributed by atoms with Gasteiger partial charge in [-0.05, 0) is 68.0 Å². The standard InChI is InChI=1S/C15H18N2O.C9H16.C2H6/c1-4-6-7-14(17(3)5-2)12-8-10-13(11-9-12)15(16)18;1-3-9-6-4-8(2)5-7-9;1-2/h4-11H,2H2,1,3H3,(H2,16,18);4,6,8-9H,3,5,7H2,1-2H3;1-2H3/b6-4-,14-7-;;. The summed E-state index contributed by atoms with van der Waals surface area (Å²) in [5.41, 5.74) is 7.72. The van der Waals surface area contributed by atoms with Crippen LogP contribution in [0.1, 0.15) is 69.8 Å². The van der Waals surface area contributed by atoms with Crippen molar-refractivity contribution < 1.29 is 4.79 Å². The summed E-state index contributed by atoms with van der Waals surface area (Å²) in [7, 11) is 1.92. The summed E-state index contributed by atoms with van der Waals surface area (Å²) >= 11 is 0. The van der Waals surface area contributed by atoms with E-state index in [1.54, 1.807) is 18.3 Å². The molecule has 29 heavy (non-hydrogen) atoms. The van der Waals surface area contributed by atoms with Gasteiger partial charge in [0.25, 0.3) is 0 Å². The maximum atomic E-state index is 11.0. The van der Waals surface area contributed by atoms with Crippen molar-refractivity contribution >= 4 is 11.6 Å². The molecule has 0 bridgehead atoms. The zero-order valence-corrected chi connectivity index (χ0v) is 19.2. The van der Waals surface area contributed by atoms with Crippen LogP contribution in [0.25, 0.3) is 5.70 Å². The van der Waals surface area contributed by atoms with Gasteiger partial charge in [-0.25, -0.2) is 0 Å². The minimum Gasteiger partial charge on any atom is -0.366 e. The lowest BCUT2D eigenvalue weighted by molar-refractivity contribution is 0.100.